The molecule has 1 atom stereocenters. The SMILES string of the molecule is CNC(C)c1cnc(Cc2cc(F)cc(F)c2)s1. The Labute approximate surface area is 109 Å². The van der Waals surface area contributed by atoms with Crippen molar-refractivity contribution in [1.29, 1.82) is 0 Å². The lowest BCUT2D eigenvalue weighted by molar-refractivity contribution is 0.580. The maximum Gasteiger partial charge on any atom is 0.126 e. The lowest BCUT2D eigenvalue weighted by Crippen LogP contribution is -2.10. The molecule has 1 heterocycles. The van der Waals surface area contributed by atoms with Gasteiger partial charge in [0.05, 0.1) is 5.01 Å². The Kier molecular flexibility index (Phi) is 4.04. The van der Waals surface area contributed by atoms with Gasteiger partial charge >= 0.3 is 0 Å². The number of nitrogens with zero attached hydrogens (tertiary/aromatic N) is 1. The van der Waals surface area contributed by atoms with Crippen molar-refractivity contribution in [1.82, 2.24) is 10.3 Å². The van der Waals surface area contributed by atoms with Crippen molar-refractivity contribution in [3.05, 3.63) is 51.5 Å². The van der Waals surface area contributed by atoms with Gasteiger partial charge in [-0.1, -0.05) is 0 Å². The Balaban J connectivity index is 2.16. The van der Waals surface area contributed by atoms with Gasteiger partial charge in [0.2, 0.25) is 0 Å². The number of benzene rings is 1. The zero-order valence-corrected chi connectivity index (χ0v) is 11.0. The van der Waals surface area contributed by atoms with E-state index in [4.69, 9.17) is 0 Å². The number of halogens is 2. The van der Waals surface area contributed by atoms with Crippen LogP contribution in [0.4, 0.5) is 8.78 Å². The lowest BCUT2D eigenvalue weighted by atomic mass is 10.1. The summed E-state index contributed by atoms with van der Waals surface area (Å²) in [7, 11) is 1.88. The smallest absolute Gasteiger partial charge is 0.126 e. The summed E-state index contributed by atoms with van der Waals surface area (Å²) in [5, 5.41) is 3.99. The highest BCUT2D eigenvalue weighted by Gasteiger charge is 2.09. The first-order valence-electron chi connectivity index (χ1n) is 5.65. The average Bonchev–Trinajstić information content (AvgIpc) is 2.75. The maximum atomic E-state index is 13.1. The van der Waals surface area contributed by atoms with Crippen molar-refractivity contribution in [2.75, 3.05) is 7.05 Å². The number of hydrogen-bond acceptors (Lipinski definition) is 3. The minimum atomic E-state index is -0.551. The number of nitrogens with one attached hydrogen (secondary N) is 1. The van der Waals surface area contributed by atoms with Crippen LogP contribution in [0.15, 0.2) is 24.4 Å². The molecule has 1 aromatic carbocycles. The molecule has 5 heteroatoms. The summed E-state index contributed by atoms with van der Waals surface area (Å²) in [5.74, 6) is -1.10. The zero-order valence-electron chi connectivity index (χ0n) is 10.2. The fourth-order valence-electron chi connectivity index (χ4n) is 1.64. The number of aromatic nitrogens is 1. The third-order valence-corrected chi connectivity index (χ3v) is 3.89. The van der Waals surface area contributed by atoms with E-state index in [-0.39, 0.29) is 6.04 Å². The van der Waals surface area contributed by atoms with Crippen molar-refractivity contribution in [3.8, 4) is 0 Å². The molecular formula is C13H14F2N2S. The Bertz CT molecular complexity index is 519. The first-order chi connectivity index (χ1) is 8.58. The predicted octanol–water partition coefficient (Wildman–Crippen LogP) is 3.29. The van der Waals surface area contributed by atoms with Crippen molar-refractivity contribution < 1.29 is 8.78 Å². The second kappa shape index (κ2) is 5.54. The Morgan fingerprint density at radius 2 is 1.94 bits per heavy atom. The summed E-state index contributed by atoms with van der Waals surface area (Å²) >= 11 is 1.55. The van der Waals surface area contributed by atoms with Crippen molar-refractivity contribution in [3.63, 3.8) is 0 Å². The van der Waals surface area contributed by atoms with Gasteiger partial charge in [-0.05, 0) is 31.7 Å². The molecule has 1 aromatic heterocycles. The van der Waals surface area contributed by atoms with Gasteiger partial charge in [0.25, 0.3) is 0 Å². The first kappa shape index (κ1) is 13.1. The molecule has 0 spiro atoms. The van der Waals surface area contributed by atoms with E-state index < -0.39 is 11.6 Å². The molecule has 0 saturated carbocycles. The van der Waals surface area contributed by atoms with Crippen LogP contribution in [-0.2, 0) is 6.42 Å². The molecule has 0 fully saturated rings. The highest BCUT2D eigenvalue weighted by Crippen LogP contribution is 2.22. The molecule has 1 unspecified atom stereocenters. The molecule has 0 bridgehead atoms. The largest absolute Gasteiger partial charge is 0.312 e. The molecule has 0 radical (unpaired) electrons. The van der Waals surface area contributed by atoms with Crippen LogP contribution >= 0.6 is 11.3 Å². The quantitative estimate of drug-likeness (QED) is 0.920. The Morgan fingerprint density at radius 3 is 2.56 bits per heavy atom. The topological polar surface area (TPSA) is 24.9 Å². The van der Waals surface area contributed by atoms with E-state index in [0.717, 1.165) is 16.0 Å². The van der Waals surface area contributed by atoms with E-state index in [0.29, 0.717) is 12.0 Å². The molecule has 96 valence electrons. The van der Waals surface area contributed by atoms with Gasteiger partial charge in [-0.15, -0.1) is 11.3 Å². The Morgan fingerprint density at radius 1 is 1.28 bits per heavy atom. The summed E-state index contributed by atoms with van der Waals surface area (Å²) in [6.07, 6.45) is 2.26. The maximum absolute atomic E-state index is 13.1. The molecule has 2 aromatic rings. The van der Waals surface area contributed by atoms with Gasteiger partial charge in [0, 0.05) is 29.6 Å². The molecule has 0 amide bonds. The molecule has 0 aliphatic heterocycles. The standard InChI is InChI=1S/C13H14F2N2S/c1-8(16-2)12-7-17-13(18-12)5-9-3-10(14)6-11(15)4-9/h3-4,6-8,16H,5H2,1-2H3. The highest BCUT2D eigenvalue weighted by atomic mass is 32.1. The van der Waals surface area contributed by atoms with Gasteiger partial charge in [-0.2, -0.15) is 0 Å². The molecule has 0 saturated heterocycles. The van der Waals surface area contributed by atoms with E-state index in [1.165, 1.54) is 12.1 Å². The third kappa shape index (κ3) is 3.11. The fraction of sp³-hybridized carbons (Fsp3) is 0.308. The Hall–Kier alpha value is -1.33. The van der Waals surface area contributed by atoms with Crippen LogP contribution in [0.25, 0.3) is 0 Å². The first-order valence-corrected chi connectivity index (χ1v) is 6.47. The molecule has 0 aliphatic rings. The number of thiazole rings is 1. The summed E-state index contributed by atoms with van der Waals surface area (Å²) in [4.78, 5) is 5.39. The number of rotatable bonds is 4. The van der Waals surface area contributed by atoms with E-state index in [1.54, 1.807) is 17.5 Å². The van der Waals surface area contributed by atoms with E-state index in [9.17, 15) is 8.78 Å². The fourth-order valence-corrected chi connectivity index (χ4v) is 2.65. The summed E-state index contributed by atoms with van der Waals surface area (Å²) < 4.78 is 26.1. The van der Waals surface area contributed by atoms with E-state index in [1.807, 2.05) is 14.0 Å². The summed E-state index contributed by atoms with van der Waals surface area (Å²) in [5.41, 5.74) is 0.602. The van der Waals surface area contributed by atoms with Gasteiger partial charge < -0.3 is 5.32 Å². The van der Waals surface area contributed by atoms with E-state index in [2.05, 4.69) is 10.3 Å². The minimum Gasteiger partial charge on any atom is -0.312 e. The van der Waals surface area contributed by atoms with Gasteiger partial charge in [0.15, 0.2) is 0 Å². The summed E-state index contributed by atoms with van der Waals surface area (Å²) in [6.45, 7) is 2.04. The van der Waals surface area contributed by atoms with Crippen molar-refractivity contribution in [2.24, 2.45) is 0 Å². The second-order valence-corrected chi connectivity index (χ2v) is 5.27. The third-order valence-electron chi connectivity index (χ3n) is 2.71. The van der Waals surface area contributed by atoms with Gasteiger partial charge in [-0.25, -0.2) is 13.8 Å². The molecule has 18 heavy (non-hydrogen) atoms. The average molecular weight is 268 g/mol. The molecule has 2 nitrogen and oxygen atoms in total. The molecule has 2 rings (SSSR count). The van der Waals surface area contributed by atoms with Crippen molar-refractivity contribution in [2.45, 2.75) is 19.4 Å². The molecular weight excluding hydrogens is 254 g/mol. The second-order valence-electron chi connectivity index (χ2n) is 4.12. The van der Waals surface area contributed by atoms with Gasteiger partial charge in [0.1, 0.15) is 11.6 Å². The van der Waals surface area contributed by atoms with Crippen LogP contribution in [0.3, 0.4) is 0 Å². The normalized spacial score (nSPS) is 12.7. The van der Waals surface area contributed by atoms with Crippen LogP contribution in [0.5, 0.6) is 0 Å². The minimum absolute atomic E-state index is 0.237. The van der Waals surface area contributed by atoms with E-state index >= 15 is 0 Å². The lowest BCUT2D eigenvalue weighted by Gasteiger charge is -2.04. The highest BCUT2D eigenvalue weighted by molar-refractivity contribution is 7.11. The van der Waals surface area contributed by atoms with Crippen LogP contribution in [0, 0.1) is 11.6 Å². The monoisotopic (exact) mass is 268 g/mol. The summed E-state index contributed by atoms with van der Waals surface area (Å²) in [6, 6.07) is 3.79. The zero-order chi connectivity index (χ0) is 13.1. The van der Waals surface area contributed by atoms with Crippen LogP contribution < -0.4 is 5.32 Å². The predicted molar refractivity (Wildman–Crippen MR) is 68.8 cm³/mol. The van der Waals surface area contributed by atoms with Crippen molar-refractivity contribution >= 4 is 11.3 Å². The van der Waals surface area contributed by atoms with Crippen LogP contribution in [0.1, 0.15) is 28.4 Å². The van der Waals surface area contributed by atoms with Crippen LogP contribution in [-0.4, -0.2) is 12.0 Å². The number of hydrogen-bond donors (Lipinski definition) is 1. The van der Waals surface area contributed by atoms with Gasteiger partial charge in [-0.3, -0.25) is 0 Å². The molecule has 1 N–H and O–H groups in total. The molecule has 0 aliphatic carbocycles. The van der Waals surface area contributed by atoms with Crippen LogP contribution in [0.2, 0.25) is 0 Å².